The molecule has 0 aromatic rings. The van der Waals surface area contributed by atoms with E-state index in [1.807, 2.05) is 6.92 Å². The molecule has 0 aliphatic heterocycles. The van der Waals surface area contributed by atoms with Gasteiger partial charge in [-0.2, -0.15) is 0 Å². The van der Waals surface area contributed by atoms with Crippen LogP contribution in [0.5, 0.6) is 0 Å². The molecule has 0 saturated heterocycles. The van der Waals surface area contributed by atoms with Gasteiger partial charge in [0.1, 0.15) is 12.6 Å². The van der Waals surface area contributed by atoms with Gasteiger partial charge in [-0.3, -0.25) is 9.59 Å². The molecule has 96 valence electrons. The summed E-state index contributed by atoms with van der Waals surface area (Å²) in [7, 11) is 0. The standard InChI is InChI=1S/C13H20O4/c1-4-11(5-6-14)7-12(16)13(17)10(3)9(2)8-15/h6,8-11H,4-5,7H2,1-3H3. The SMILES string of the molecule is CCC(CC=O)CC(=O)C(=O)C(C)C(C)C=O. The van der Waals surface area contributed by atoms with Gasteiger partial charge in [-0.15, -0.1) is 0 Å². The molecule has 0 rings (SSSR count). The maximum absolute atomic E-state index is 11.7. The van der Waals surface area contributed by atoms with Gasteiger partial charge in [0.05, 0.1) is 0 Å². The molecule has 17 heavy (non-hydrogen) atoms. The Hall–Kier alpha value is -1.32. The van der Waals surface area contributed by atoms with Crippen molar-refractivity contribution in [3.63, 3.8) is 0 Å². The molecule has 0 aliphatic rings. The molecular formula is C13H20O4. The Labute approximate surface area is 102 Å². The zero-order valence-electron chi connectivity index (χ0n) is 10.6. The minimum Gasteiger partial charge on any atom is -0.303 e. The van der Waals surface area contributed by atoms with Crippen molar-refractivity contribution in [2.75, 3.05) is 0 Å². The molecule has 0 heterocycles. The van der Waals surface area contributed by atoms with E-state index in [2.05, 4.69) is 0 Å². The topological polar surface area (TPSA) is 68.3 Å². The summed E-state index contributed by atoms with van der Waals surface area (Å²) in [4.78, 5) is 44.3. The monoisotopic (exact) mass is 240 g/mol. The highest BCUT2D eigenvalue weighted by atomic mass is 16.2. The van der Waals surface area contributed by atoms with E-state index in [-0.39, 0.29) is 12.3 Å². The summed E-state index contributed by atoms with van der Waals surface area (Å²) in [5.41, 5.74) is 0. The molecule has 0 amide bonds. The lowest BCUT2D eigenvalue weighted by molar-refractivity contribution is -0.140. The molecule has 0 aromatic carbocycles. The third-order valence-electron chi connectivity index (χ3n) is 3.17. The summed E-state index contributed by atoms with van der Waals surface area (Å²) in [5.74, 6) is -2.07. The Kier molecular flexibility index (Phi) is 7.26. The number of Topliss-reactive ketones (excluding diaryl/α,β-unsaturated/α-hetero) is 2. The van der Waals surface area contributed by atoms with Gasteiger partial charge in [0, 0.05) is 24.7 Å². The van der Waals surface area contributed by atoms with E-state index < -0.39 is 23.4 Å². The van der Waals surface area contributed by atoms with Crippen LogP contribution in [0.4, 0.5) is 0 Å². The molecule has 0 bridgehead atoms. The van der Waals surface area contributed by atoms with E-state index in [4.69, 9.17) is 0 Å². The average molecular weight is 240 g/mol. The predicted octanol–water partition coefficient (Wildman–Crippen LogP) is 1.60. The van der Waals surface area contributed by atoms with Gasteiger partial charge in [0.15, 0.2) is 5.78 Å². The molecule has 0 aromatic heterocycles. The van der Waals surface area contributed by atoms with E-state index in [9.17, 15) is 19.2 Å². The molecule has 0 aliphatic carbocycles. The van der Waals surface area contributed by atoms with Crippen molar-refractivity contribution in [1.29, 1.82) is 0 Å². The molecule has 0 radical (unpaired) electrons. The summed E-state index contributed by atoms with van der Waals surface area (Å²) in [6, 6.07) is 0. The first-order chi connectivity index (χ1) is 7.97. The fourth-order valence-electron chi connectivity index (χ4n) is 1.50. The molecule has 3 atom stereocenters. The van der Waals surface area contributed by atoms with Gasteiger partial charge < -0.3 is 9.59 Å². The van der Waals surface area contributed by atoms with Gasteiger partial charge in [0.25, 0.3) is 0 Å². The summed E-state index contributed by atoms with van der Waals surface area (Å²) in [6.45, 7) is 5.08. The Balaban J connectivity index is 4.44. The lowest BCUT2D eigenvalue weighted by atomic mass is 9.87. The lowest BCUT2D eigenvalue weighted by Gasteiger charge is -2.14. The first-order valence-electron chi connectivity index (χ1n) is 5.93. The van der Waals surface area contributed by atoms with E-state index >= 15 is 0 Å². The normalized spacial score (nSPS) is 15.7. The molecule has 4 nitrogen and oxygen atoms in total. The molecule has 0 saturated carbocycles. The average Bonchev–Trinajstić information content (AvgIpc) is 2.35. The third-order valence-corrected chi connectivity index (χ3v) is 3.17. The van der Waals surface area contributed by atoms with E-state index in [1.165, 1.54) is 0 Å². The fourth-order valence-corrected chi connectivity index (χ4v) is 1.50. The quantitative estimate of drug-likeness (QED) is 0.453. The smallest absolute Gasteiger partial charge is 0.201 e. The first-order valence-corrected chi connectivity index (χ1v) is 5.93. The summed E-state index contributed by atoms with van der Waals surface area (Å²) < 4.78 is 0. The second-order valence-corrected chi connectivity index (χ2v) is 4.45. The zero-order valence-corrected chi connectivity index (χ0v) is 10.6. The predicted molar refractivity (Wildman–Crippen MR) is 63.5 cm³/mol. The van der Waals surface area contributed by atoms with E-state index in [0.29, 0.717) is 19.1 Å². The second-order valence-electron chi connectivity index (χ2n) is 4.45. The number of ketones is 2. The Bertz CT molecular complexity index is 296. The minimum atomic E-state index is -0.575. The number of hydrogen-bond acceptors (Lipinski definition) is 4. The van der Waals surface area contributed by atoms with Crippen LogP contribution in [0.2, 0.25) is 0 Å². The Morgan fingerprint density at radius 3 is 2.18 bits per heavy atom. The number of carbonyl (C=O) groups is 4. The maximum atomic E-state index is 11.7. The minimum absolute atomic E-state index is 0.0670. The van der Waals surface area contributed by atoms with Crippen molar-refractivity contribution >= 4 is 24.1 Å². The van der Waals surface area contributed by atoms with Crippen molar-refractivity contribution in [3.8, 4) is 0 Å². The van der Waals surface area contributed by atoms with Gasteiger partial charge >= 0.3 is 0 Å². The van der Waals surface area contributed by atoms with Gasteiger partial charge in [0.2, 0.25) is 5.78 Å². The first kappa shape index (κ1) is 15.7. The van der Waals surface area contributed by atoms with Crippen LogP contribution in [-0.4, -0.2) is 24.1 Å². The highest BCUT2D eigenvalue weighted by Crippen LogP contribution is 2.16. The number of aldehydes is 2. The van der Waals surface area contributed by atoms with Crippen LogP contribution in [0.3, 0.4) is 0 Å². The Morgan fingerprint density at radius 1 is 1.18 bits per heavy atom. The summed E-state index contributed by atoms with van der Waals surface area (Å²) in [5, 5.41) is 0. The van der Waals surface area contributed by atoms with Crippen molar-refractivity contribution in [3.05, 3.63) is 0 Å². The number of hydrogen-bond donors (Lipinski definition) is 0. The van der Waals surface area contributed by atoms with Gasteiger partial charge in [-0.1, -0.05) is 27.2 Å². The number of rotatable bonds is 9. The van der Waals surface area contributed by atoms with Crippen molar-refractivity contribution < 1.29 is 19.2 Å². The van der Waals surface area contributed by atoms with Gasteiger partial charge in [-0.05, 0) is 5.92 Å². The molecular weight excluding hydrogens is 220 g/mol. The highest BCUT2D eigenvalue weighted by Gasteiger charge is 2.27. The van der Waals surface area contributed by atoms with Crippen LogP contribution < -0.4 is 0 Å². The van der Waals surface area contributed by atoms with E-state index in [0.717, 1.165) is 6.29 Å². The second kappa shape index (κ2) is 7.87. The van der Waals surface area contributed by atoms with Crippen molar-refractivity contribution in [2.24, 2.45) is 17.8 Å². The molecule has 3 unspecified atom stereocenters. The summed E-state index contributed by atoms with van der Waals surface area (Å²) in [6.07, 6.45) is 2.54. The van der Waals surface area contributed by atoms with Crippen LogP contribution in [-0.2, 0) is 19.2 Å². The summed E-state index contributed by atoms with van der Waals surface area (Å²) >= 11 is 0. The van der Waals surface area contributed by atoms with E-state index in [1.54, 1.807) is 13.8 Å². The number of carbonyl (C=O) groups excluding carboxylic acids is 4. The molecule has 0 fully saturated rings. The van der Waals surface area contributed by atoms with Gasteiger partial charge in [-0.25, -0.2) is 0 Å². The zero-order chi connectivity index (χ0) is 13.4. The lowest BCUT2D eigenvalue weighted by Crippen LogP contribution is -2.28. The maximum Gasteiger partial charge on any atom is 0.201 e. The fraction of sp³-hybridized carbons (Fsp3) is 0.692. The highest BCUT2D eigenvalue weighted by molar-refractivity contribution is 6.38. The van der Waals surface area contributed by atoms with Crippen LogP contribution in [0, 0.1) is 17.8 Å². The largest absolute Gasteiger partial charge is 0.303 e. The molecule has 0 N–H and O–H groups in total. The van der Waals surface area contributed by atoms with Crippen LogP contribution in [0.1, 0.15) is 40.0 Å². The van der Waals surface area contributed by atoms with Crippen molar-refractivity contribution in [2.45, 2.75) is 40.0 Å². The Morgan fingerprint density at radius 2 is 1.76 bits per heavy atom. The molecule has 4 heteroatoms. The van der Waals surface area contributed by atoms with Crippen molar-refractivity contribution in [1.82, 2.24) is 0 Å². The van der Waals surface area contributed by atoms with Crippen LogP contribution in [0.25, 0.3) is 0 Å². The van der Waals surface area contributed by atoms with Crippen LogP contribution in [0.15, 0.2) is 0 Å². The third kappa shape index (κ3) is 5.02. The molecule has 0 spiro atoms. The van der Waals surface area contributed by atoms with Crippen LogP contribution >= 0.6 is 0 Å².